The Bertz CT molecular complexity index is 959. The minimum absolute atomic E-state index is 0.0154. The van der Waals surface area contributed by atoms with Crippen molar-refractivity contribution < 1.29 is 22.3 Å². The quantitative estimate of drug-likeness (QED) is 0.789. The Balaban J connectivity index is 1.98. The molecule has 0 bridgehead atoms. The summed E-state index contributed by atoms with van der Waals surface area (Å²) in [7, 11) is -2.30. The maximum atomic E-state index is 14.1. The molecule has 0 atom stereocenters. The third-order valence-electron chi connectivity index (χ3n) is 3.72. The molecule has 1 aromatic heterocycles. The van der Waals surface area contributed by atoms with Crippen molar-refractivity contribution in [1.29, 1.82) is 0 Å². The van der Waals surface area contributed by atoms with E-state index in [1.165, 1.54) is 17.4 Å². The number of carbonyl (C=O) groups is 1. The Labute approximate surface area is 148 Å². The Hall–Kier alpha value is -1.88. The molecule has 25 heavy (non-hydrogen) atoms. The Kier molecular flexibility index (Phi) is 5.13. The fraction of sp³-hybridized carbons (Fsp3) is 0.333. The number of halogens is 1. The molecule has 0 N–H and O–H groups in total. The van der Waals surface area contributed by atoms with Gasteiger partial charge in [-0.25, -0.2) is 12.8 Å². The number of ether oxygens (including phenoxy) is 1. The lowest BCUT2D eigenvalue weighted by Crippen LogP contribution is -2.41. The van der Waals surface area contributed by atoms with Crippen LogP contribution in [0.4, 0.5) is 4.39 Å². The van der Waals surface area contributed by atoms with E-state index >= 15 is 0 Å². The monoisotopic (exact) mass is 385 g/mol. The number of amides is 1. The van der Waals surface area contributed by atoms with Crippen LogP contribution in [-0.4, -0.2) is 49.5 Å². The molecule has 2 aromatic rings. The molecule has 0 spiro atoms. The van der Waals surface area contributed by atoms with Crippen LogP contribution in [0.1, 0.15) is 10.4 Å². The van der Waals surface area contributed by atoms with Crippen LogP contribution in [0.25, 0.3) is 0 Å². The molecular weight excluding hydrogens is 369 g/mol. The molecule has 1 fully saturated rings. The lowest BCUT2D eigenvalue weighted by atomic mass is 10.2. The smallest absolute Gasteiger partial charge is 0.279 e. The van der Waals surface area contributed by atoms with Crippen LogP contribution in [0.15, 0.2) is 39.7 Å². The number of nitrogens with zero attached hydrogens (tertiary/aromatic N) is 3. The van der Waals surface area contributed by atoms with Gasteiger partial charge in [-0.3, -0.25) is 4.79 Å². The summed E-state index contributed by atoms with van der Waals surface area (Å²) in [4.78, 5) is 16.2. The predicted octanol–water partition coefficient (Wildman–Crippen LogP) is 0.988. The maximum Gasteiger partial charge on any atom is 0.279 e. The first kappa shape index (κ1) is 17.9. The fourth-order valence-electron chi connectivity index (χ4n) is 2.35. The van der Waals surface area contributed by atoms with Crippen LogP contribution in [0.5, 0.6) is 0 Å². The Morgan fingerprint density at radius 3 is 2.68 bits per heavy atom. The van der Waals surface area contributed by atoms with Gasteiger partial charge in [-0.2, -0.15) is 9.30 Å². The number of benzene rings is 1. The van der Waals surface area contributed by atoms with Crippen molar-refractivity contribution >= 4 is 27.3 Å². The maximum absolute atomic E-state index is 14.1. The highest BCUT2D eigenvalue weighted by molar-refractivity contribution is 7.89. The molecule has 0 unspecified atom stereocenters. The highest BCUT2D eigenvalue weighted by Gasteiger charge is 2.29. The summed E-state index contributed by atoms with van der Waals surface area (Å²) < 4.78 is 47.4. The third-order valence-corrected chi connectivity index (χ3v) is 6.48. The van der Waals surface area contributed by atoms with E-state index in [1.54, 1.807) is 23.2 Å². The van der Waals surface area contributed by atoms with Crippen molar-refractivity contribution in [3.63, 3.8) is 0 Å². The minimum Gasteiger partial charge on any atom is -0.379 e. The summed E-state index contributed by atoms with van der Waals surface area (Å²) in [5.74, 6) is -1.53. The van der Waals surface area contributed by atoms with Crippen molar-refractivity contribution in [1.82, 2.24) is 8.87 Å². The number of thiazole rings is 1. The van der Waals surface area contributed by atoms with Gasteiger partial charge in [0.25, 0.3) is 5.91 Å². The second kappa shape index (κ2) is 7.16. The first-order valence-corrected chi connectivity index (χ1v) is 9.78. The van der Waals surface area contributed by atoms with Crippen LogP contribution in [0, 0.1) is 5.82 Å². The number of morpholine rings is 1. The molecule has 1 saturated heterocycles. The molecule has 1 aliphatic rings. The van der Waals surface area contributed by atoms with Crippen molar-refractivity contribution in [2.75, 3.05) is 26.3 Å². The van der Waals surface area contributed by atoms with Crippen LogP contribution < -0.4 is 4.80 Å². The van der Waals surface area contributed by atoms with Gasteiger partial charge in [-0.15, -0.1) is 11.3 Å². The van der Waals surface area contributed by atoms with E-state index in [0.29, 0.717) is 4.80 Å². The summed E-state index contributed by atoms with van der Waals surface area (Å²) in [6, 6.07) is 3.25. The normalized spacial score (nSPS) is 17.0. The van der Waals surface area contributed by atoms with Crippen LogP contribution in [-0.2, 0) is 21.8 Å². The largest absolute Gasteiger partial charge is 0.379 e. The first-order valence-electron chi connectivity index (χ1n) is 7.46. The van der Waals surface area contributed by atoms with E-state index in [9.17, 15) is 17.6 Å². The predicted molar refractivity (Wildman–Crippen MR) is 89.2 cm³/mol. The van der Waals surface area contributed by atoms with Gasteiger partial charge in [0.1, 0.15) is 10.7 Å². The van der Waals surface area contributed by atoms with Gasteiger partial charge in [0, 0.05) is 37.3 Å². The van der Waals surface area contributed by atoms with Gasteiger partial charge in [0.15, 0.2) is 4.80 Å². The summed E-state index contributed by atoms with van der Waals surface area (Å²) >= 11 is 1.27. The van der Waals surface area contributed by atoms with E-state index < -0.39 is 26.6 Å². The number of hydrogen-bond acceptors (Lipinski definition) is 5. The molecule has 3 rings (SSSR count). The molecule has 1 aromatic carbocycles. The molecule has 1 amide bonds. The third kappa shape index (κ3) is 3.71. The van der Waals surface area contributed by atoms with Crippen LogP contribution in [0.3, 0.4) is 0 Å². The zero-order valence-corrected chi connectivity index (χ0v) is 15.0. The average Bonchev–Trinajstić information content (AvgIpc) is 3.00. The lowest BCUT2D eigenvalue weighted by molar-refractivity contribution is 0.0729. The molecule has 1 aliphatic heterocycles. The second-order valence-corrected chi connectivity index (χ2v) is 8.15. The summed E-state index contributed by atoms with van der Waals surface area (Å²) in [6.45, 7) is 0.804. The highest BCUT2D eigenvalue weighted by Crippen LogP contribution is 2.22. The molecule has 0 saturated carbocycles. The Morgan fingerprint density at radius 1 is 1.32 bits per heavy atom. The van der Waals surface area contributed by atoms with Gasteiger partial charge < -0.3 is 9.30 Å². The topological polar surface area (TPSA) is 81.0 Å². The molecule has 2 heterocycles. The molecular formula is C15H16FN3O4S2. The first-order chi connectivity index (χ1) is 11.9. The number of aromatic nitrogens is 1. The molecule has 10 heteroatoms. The highest BCUT2D eigenvalue weighted by atomic mass is 32.2. The van der Waals surface area contributed by atoms with Gasteiger partial charge in [0.2, 0.25) is 10.0 Å². The van der Waals surface area contributed by atoms with E-state index in [2.05, 4.69) is 4.99 Å². The SMILES string of the molecule is Cn1ccsc1=NC(=O)c1ccc(F)c(S(=O)(=O)N2CCOCC2)c1. The average molecular weight is 385 g/mol. The number of carbonyl (C=O) groups excluding carboxylic acids is 1. The standard InChI is InChI=1S/C15H16FN3O4S2/c1-18-6-9-24-15(18)17-14(20)11-2-3-12(16)13(10-11)25(21,22)19-4-7-23-8-5-19/h2-3,6,9-10H,4-5,7-8H2,1H3. The van der Waals surface area contributed by atoms with Gasteiger partial charge >= 0.3 is 0 Å². The molecule has 134 valence electrons. The number of sulfonamides is 1. The molecule has 0 aliphatic carbocycles. The molecule has 7 nitrogen and oxygen atoms in total. The number of aryl methyl sites for hydroxylation is 1. The summed E-state index contributed by atoms with van der Waals surface area (Å²) in [6.07, 6.45) is 1.75. The van der Waals surface area contributed by atoms with Gasteiger partial charge in [-0.05, 0) is 18.2 Å². The molecule has 0 radical (unpaired) electrons. The van der Waals surface area contributed by atoms with Crippen molar-refractivity contribution in [3.8, 4) is 0 Å². The van der Waals surface area contributed by atoms with Crippen molar-refractivity contribution in [3.05, 3.63) is 46.0 Å². The van der Waals surface area contributed by atoms with Crippen LogP contribution in [0.2, 0.25) is 0 Å². The van der Waals surface area contributed by atoms with Crippen molar-refractivity contribution in [2.24, 2.45) is 12.0 Å². The second-order valence-electron chi connectivity index (χ2n) is 5.38. The van der Waals surface area contributed by atoms with Crippen LogP contribution >= 0.6 is 11.3 Å². The minimum atomic E-state index is -4.04. The van der Waals surface area contributed by atoms with E-state index in [-0.39, 0.29) is 31.9 Å². The van der Waals surface area contributed by atoms with E-state index in [1.807, 2.05) is 0 Å². The lowest BCUT2D eigenvalue weighted by Gasteiger charge is -2.26. The number of rotatable bonds is 3. The van der Waals surface area contributed by atoms with Crippen molar-refractivity contribution in [2.45, 2.75) is 4.90 Å². The van der Waals surface area contributed by atoms with E-state index in [0.717, 1.165) is 16.4 Å². The number of hydrogen-bond donors (Lipinski definition) is 0. The summed E-state index contributed by atoms with van der Waals surface area (Å²) in [5.41, 5.74) is 0.0154. The van der Waals surface area contributed by atoms with E-state index in [4.69, 9.17) is 4.74 Å². The zero-order valence-electron chi connectivity index (χ0n) is 13.4. The Morgan fingerprint density at radius 2 is 2.04 bits per heavy atom. The van der Waals surface area contributed by atoms with Gasteiger partial charge in [-0.1, -0.05) is 0 Å². The fourth-order valence-corrected chi connectivity index (χ4v) is 4.57. The van der Waals surface area contributed by atoms with Gasteiger partial charge in [0.05, 0.1) is 13.2 Å². The summed E-state index contributed by atoms with van der Waals surface area (Å²) in [5, 5.41) is 1.77. The zero-order chi connectivity index (χ0) is 18.0.